The molecule has 96 valence electrons. The summed E-state index contributed by atoms with van der Waals surface area (Å²) in [5, 5.41) is 13.2. The van der Waals surface area contributed by atoms with Gasteiger partial charge in [-0.25, -0.2) is 0 Å². The zero-order valence-corrected chi connectivity index (χ0v) is 10.7. The highest BCUT2D eigenvalue weighted by atomic mass is 16.5. The van der Waals surface area contributed by atoms with Crippen LogP contribution in [0.4, 0.5) is 0 Å². The predicted octanol–water partition coefficient (Wildman–Crippen LogP) is 1.94. The molecule has 0 aromatic heterocycles. The monoisotopic (exact) mass is 229 g/mol. The van der Waals surface area contributed by atoms with Crippen molar-refractivity contribution in [2.75, 3.05) is 19.7 Å². The van der Waals surface area contributed by atoms with E-state index in [0.717, 1.165) is 39.0 Å². The lowest BCUT2D eigenvalue weighted by molar-refractivity contribution is 0.0910. The highest BCUT2D eigenvalue weighted by molar-refractivity contribution is 4.70. The van der Waals surface area contributed by atoms with E-state index in [-0.39, 0.29) is 6.10 Å². The van der Waals surface area contributed by atoms with Gasteiger partial charge in [-0.15, -0.1) is 0 Å². The minimum absolute atomic E-state index is 0.195. The van der Waals surface area contributed by atoms with E-state index >= 15 is 0 Å². The number of rotatable bonds is 8. The normalized spacial score (nSPS) is 22.9. The van der Waals surface area contributed by atoms with Crippen LogP contribution in [0.25, 0.3) is 0 Å². The highest BCUT2D eigenvalue weighted by Gasteiger charge is 2.16. The van der Waals surface area contributed by atoms with Crippen molar-refractivity contribution >= 4 is 0 Å². The second-order valence-corrected chi connectivity index (χ2v) is 4.77. The van der Waals surface area contributed by atoms with Crippen LogP contribution in [0.1, 0.15) is 46.0 Å². The van der Waals surface area contributed by atoms with Crippen LogP contribution in [0.5, 0.6) is 0 Å². The Bertz CT molecular complexity index is 165. The van der Waals surface area contributed by atoms with Crippen LogP contribution in [0.15, 0.2) is 0 Å². The lowest BCUT2D eigenvalue weighted by Crippen LogP contribution is -2.33. The van der Waals surface area contributed by atoms with Crippen LogP contribution in [0.3, 0.4) is 0 Å². The number of ether oxygens (including phenoxy) is 1. The first kappa shape index (κ1) is 13.9. The van der Waals surface area contributed by atoms with Gasteiger partial charge in [0.2, 0.25) is 0 Å². The van der Waals surface area contributed by atoms with Gasteiger partial charge in [-0.3, -0.25) is 0 Å². The first-order valence-corrected chi connectivity index (χ1v) is 6.78. The van der Waals surface area contributed by atoms with Crippen LogP contribution >= 0.6 is 0 Å². The van der Waals surface area contributed by atoms with Crippen molar-refractivity contribution in [1.82, 2.24) is 5.32 Å². The Kier molecular flexibility index (Phi) is 7.01. The molecule has 0 radical (unpaired) electrons. The standard InChI is InChI=1S/C13H27NO2/c1-3-11(4-2)13(15)10-14-8-7-12-6-5-9-16-12/h11-15H,3-10H2,1-2H3. The summed E-state index contributed by atoms with van der Waals surface area (Å²) in [5.74, 6) is 0.440. The molecule has 0 saturated carbocycles. The zero-order chi connectivity index (χ0) is 11.8. The largest absolute Gasteiger partial charge is 0.392 e. The minimum Gasteiger partial charge on any atom is -0.392 e. The molecule has 0 aromatic rings. The topological polar surface area (TPSA) is 41.5 Å². The molecule has 16 heavy (non-hydrogen) atoms. The summed E-state index contributed by atoms with van der Waals surface area (Å²) in [6.07, 6.45) is 5.88. The van der Waals surface area contributed by atoms with E-state index in [9.17, 15) is 5.11 Å². The van der Waals surface area contributed by atoms with Gasteiger partial charge in [0.1, 0.15) is 0 Å². The number of aliphatic hydroxyl groups excluding tert-OH is 1. The summed E-state index contributed by atoms with van der Waals surface area (Å²) in [5.41, 5.74) is 0. The molecule has 1 aliphatic heterocycles. The first-order valence-electron chi connectivity index (χ1n) is 6.78. The molecule has 2 N–H and O–H groups in total. The molecule has 1 fully saturated rings. The summed E-state index contributed by atoms with van der Waals surface area (Å²) in [6.45, 7) is 6.90. The molecule has 1 aliphatic rings. The summed E-state index contributed by atoms with van der Waals surface area (Å²) in [6, 6.07) is 0. The number of nitrogens with one attached hydrogen (secondary N) is 1. The molecular weight excluding hydrogens is 202 g/mol. The fourth-order valence-corrected chi connectivity index (χ4v) is 2.38. The number of aliphatic hydroxyl groups is 1. The third kappa shape index (κ3) is 4.81. The summed E-state index contributed by atoms with van der Waals surface area (Å²) in [4.78, 5) is 0. The van der Waals surface area contributed by atoms with Gasteiger partial charge in [0, 0.05) is 13.2 Å². The maximum atomic E-state index is 9.91. The fraction of sp³-hybridized carbons (Fsp3) is 1.00. The Morgan fingerprint density at radius 2 is 2.12 bits per heavy atom. The molecule has 3 nitrogen and oxygen atoms in total. The Hall–Kier alpha value is -0.120. The van der Waals surface area contributed by atoms with Crippen molar-refractivity contribution in [3.8, 4) is 0 Å². The van der Waals surface area contributed by atoms with Gasteiger partial charge in [-0.05, 0) is 31.7 Å². The van der Waals surface area contributed by atoms with Crippen molar-refractivity contribution in [3.05, 3.63) is 0 Å². The third-order valence-corrected chi connectivity index (χ3v) is 3.61. The van der Waals surface area contributed by atoms with E-state index in [2.05, 4.69) is 19.2 Å². The van der Waals surface area contributed by atoms with Gasteiger partial charge in [-0.1, -0.05) is 26.7 Å². The zero-order valence-electron chi connectivity index (χ0n) is 10.7. The summed E-state index contributed by atoms with van der Waals surface area (Å²) >= 11 is 0. The number of hydrogen-bond acceptors (Lipinski definition) is 3. The van der Waals surface area contributed by atoms with Crippen molar-refractivity contribution < 1.29 is 9.84 Å². The lowest BCUT2D eigenvalue weighted by Gasteiger charge is -2.20. The van der Waals surface area contributed by atoms with Crippen molar-refractivity contribution in [2.45, 2.75) is 58.2 Å². The minimum atomic E-state index is -0.195. The van der Waals surface area contributed by atoms with Gasteiger partial charge in [0.15, 0.2) is 0 Å². The quantitative estimate of drug-likeness (QED) is 0.625. The Morgan fingerprint density at radius 3 is 2.69 bits per heavy atom. The summed E-state index contributed by atoms with van der Waals surface area (Å²) < 4.78 is 5.55. The molecule has 3 heteroatoms. The van der Waals surface area contributed by atoms with Crippen LogP contribution in [0.2, 0.25) is 0 Å². The maximum absolute atomic E-state index is 9.91. The Balaban J connectivity index is 2.00. The molecule has 0 aromatic carbocycles. The van der Waals surface area contributed by atoms with Crippen molar-refractivity contribution in [3.63, 3.8) is 0 Å². The van der Waals surface area contributed by atoms with E-state index < -0.39 is 0 Å². The summed E-state index contributed by atoms with van der Waals surface area (Å²) in [7, 11) is 0. The fourth-order valence-electron chi connectivity index (χ4n) is 2.38. The van der Waals surface area contributed by atoms with E-state index in [1.165, 1.54) is 12.8 Å². The maximum Gasteiger partial charge on any atom is 0.0692 e. The van der Waals surface area contributed by atoms with Crippen LogP contribution in [0, 0.1) is 5.92 Å². The van der Waals surface area contributed by atoms with Crippen molar-refractivity contribution in [2.24, 2.45) is 5.92 Å². The van der Waals surface area contributed by atoms with E-state index in [1.54, 1.807) is 0 Å². The first-order chi connectivity index (χ1) is 7.77. The molecule has 0 spiro atoms. The molecule has 2 unspecified atom stereocenters. The van der Waals surface area contributed by atoms with Gasteiger partial charge < -0.3 is 15.2 Å². The molecular formula is C13H27NO2. The number of hydrogen-bond donors (Lipinski definition) is 2. The second kappa shape index (κ2) is 8.04. The highest BCUT2D eigenvalue weighted by Crippen LogP contribution is 2.15. The average Bonchev–Trinajstić information content (AvgIpc) is 2.79. The van der Waals surface area contributed by atoms with Crippen LogP contribution in [-0.2, 0) is 4.74 Å². The molecule has 0 bridgehead atoms. The van der Waals surface area contributed by atoms with Gasteiger partial charge in [0.25, 0.3) is 0 Å². The predicted molar refractivity (Wildman–Crippen MR) is 66.5 cm³/mol. The lowest BCUT2D eigenvalue weighted by atomic mass is 9.96. The SMILES string of the molecule is CCC(CC)C(O)CNCCC1CCCO1. The molecule has 2 atom stereocenters. The smallest absolute Gasteiger partial charge is 0.0692 e. The van der Waals surface area contributed by atoms with Crippen LogP contribution < -0.4 is 5.32 Å². The second-order valence-electron chi connectivity index (χ2n) is 4.77. The van der Waals surface area contributed by atoms with Crippen LogP contribution in [-0.4, -0.2) is 37.0 Å². The molecule has 1 heterocycles. The van der Waals surface area contributed by atoms with E-state index in [0.29, 0.717) is 12.0 Å². The van der Waals surface area contributed by atoms with E-state index in [4.69, 9.17) is 4.74 Å². The Labute approximate surface area is 99.6 Å². The molecule has 0 aliphatic carbocycles. The average molecular weight is 229 g/mol. The Morgan fingerprint density at radius 1 is 1.38 bits per heavy atom. The molecule has 1 saturated heterocycles. The van der Waals surface area contributed by atoms with Gasteiger partial charge in [-0.2, -0.15) is 0 Å². The van der Waals surface area contributed by atoms with Gasteiger partial charge in [0.05, 0.1) is 12.2 Å². The third-order valence-electron chi connectivity index (χ3n) is 3.61. The van der Waals surface area contributed by atoms with Gasteiger partial charge >= 0.3 is 0 Å². The molecule has 0 amide bonds. The molecule has 1 rings (SSSR count). The van der Waals surface area contributed by atoms with E-state index in [1.807, 2.05) is 0 Å². The van der Waals surface area contributed by atoms with Crippen molar-refractivity contribution in [1.29, 1.82) is 0 Å².